The van der Waals surface area contributed by atoms with Gasteiger partial charge in [0, 0.05) is 5.56 Å². The Morgan fingerprint density at radius 3 is 2.47 bits per heavy atom. The lowest BCUT2D eigenvalue weighted by Crippen LogP contribution is -1.98. The van der Waals surface area contributed by atoms with Crippen LogP contribution in [0.15, 0.2) is 89.4 Å². The van der Waals surface area contributed by atoms with Crippen LogP contribution in [0.1, 0.15) is 16.7 Å². The predicted octanol–water partition coefficient (Wildman–Crippen LogP) is 7.38. The molecule has 0 aromatic heterocycles. The molecule has 4 rings (SSSR count). The Labute approximate surface area is 183 Å². The third-order valence-electron chi connectivity index (χ3n) is 4.79. The van der Waals surface area contributed by atoms with Gasteiger partial charge < -0.3 is 4.74 Å². The molecule has 146 valence electrons. The van der Waals surface area contributed by atoms with Crippen molar-refractivity contribution in [2.45, 2.75) is 6.61 Å². The quantitative estimate of drug-likeness (QED) is 0.231. The summed E-state index contributed by atoms with van der Waals surface area (Å²) in [7, 11) is 0. The van der Waals surface area contributed by atoms with Crippen molar-refractivity contribution in [1.82, 2.24) is 0 Å². The van der Waals surface area contributed by atoms with Crippen LogP contribution in [0.5, 0.6) is 5.75 Å². The molecule has 0 fully saturated rings. The van der Waals surface area contributed by atoms with Crippen molar-refractivity contribution in [1.29, 1.82) is 5.26 Å². The second-order valence-corrected chi connectivity index (χ2v) is 7.66. The number of benzene rings is 4. The highest BCUT2D eigenvalue weighted by molar-refractivity contribution is 9.10. The van der Waals surface area contributed by atoms with E-state index in [0.29, 0.717) is 16.9 Å². The van der Waals surface area contributed by atoms with Crippen LogP contribution in [0.3, 0.4) is 0 Å². The number of ether oxygens (including phenoxy) is 1. The fraction of sp³-hybridized carbons (Fsp3) is 0.0385. The summed E-state index contributed by atoms with van der Waals surface area (Å²) < 4.78 is 20.3. The van der Waals surface area contributed by atoms with E-state index in [4.69, 9.17) is 4.74 Å². The molecule has 0 unspecified atom stereocenters. The van der Waals surface area contributed by atoms with E-state index in [1.807, 2.05) is 66.7 Å². The average Bonchev–Trinajstić information content (AvgIpc) is 2.77. The zero-order valence-electron chi connectivity index (χ0n) is 16.0. The van der Waals surface area contributed by atoms with Crippen molar-refractivity contribution in [3.05, 3.63) is 112 Å². The molecule has 0 aliphatic carbocycles. The monoisotopic (exact) mass is 457 g/mol. The molecule has 4 aromatic rings. The van der Waals surface area contributed by atoms with E-state index in [2.05, 4.69) is 22.0 Å². The van der Waals surface area contributed by atoms with E-state index in [-0.39, 0.29) is 12.4 Å². The van der Waals surface area contributed by atoms with E-state index in [1.54, 1.807) is 18.2 Å². The lowest BCUT2D eigenvalue weighted by Gasteiger charge is -2.10. The molecule has 0 saturated carbocycles. The second kappa shape index (κ2) is 8.94. The Morgan fingerprint density at radius 1 is 0.933 bits per heavy atom. The summed E-state index contributed by atoms with van der Waals surface area (Å²) >= 11 is 3.51. The third-order valence-corrected chi connectivity index (χ3v) is 5.41. The van der Waals surface area contributed by atoms with Crippen LogP contribution in [0.4, 0.5) is 4.39 Å². The van der Waals surface area contributed by atoms with Crippen LogP contribution in [-0.4, -0.2) is 0 Å². The van der Waals surface area contributed by atoms with Gasteiger partial charge in [-0.1, -0.05) is 60.7 Å². The van der Waals surface area contributed by atoms with Crippen LogP contribution < -0.4 is 4.74 Å². The summed E-state index contributed by atoms with van der Waals surface area (Å²) in [5.74, 6) is 0.321. The number of hydrogen-bond donors (Lipinski definition) is 0. The van der Waals surface area contributed by atoms with Gasteiger partial charge in [-0.2, -0.15) is 5.26 Å². The molecular weight excluding hydrogens is 441 g/mol. The molecule has 0 heterocycles. The standard InChI is InChI=1S/C26H17BrFNO/c27-24-14-18(9-12-26(24)30-17-22-7-3-4-8-25(22)28)13-23(16-29)21-11-10-19-5-1-2-6-20(19)15-21/h1-15H,17H2/b23-13-. The maximum Gasteiger partial charge on any atom is 0.134 e. The number of hydrogen-bond acceptors (Lipinski definition) is 2. The maximum atomic E-state index is 13.8. The predicted molar refractivity (Wildman–Crippen MR) is 122 cm³/mol. The Morgan fingerprint density at radius 2 is 1.70 bits per heavy atom. The van der Waals surface area contributed by atoms with Crippen LogP contribution in [0, 0.1) is 17.1 Å². The molecule has 0 radical (unpaired) electrons. The van der Waals surface area contributed by atoms with Gasteiger partial charge in [-0.15, -0.1) is 0 Å². The van der Waals surface area contributed by atoms with Crippen molar-refractivity contribution in [3.8, 4) is 11.8 Å². The number of nitriles is 1. The van der Waals surface area contributed by atoms with E-state index in [9.17, 15) is 9.65 Å². The van der Waals surface area contributed by atoms with E-state index in [1.165, 1.54) is 6.07 Å². The van der Waals surface area contributed by atoms with Gasteiger partial charge in [0.2, 0.25) is 0 Å². The van der Waals surface area contributed by atoms with Crippen molar-refractivity contribution >= 4 is 38.4 Å². The first-order chi connectivity index (χ1) is 14.6. The summed E-state index contributed by atoms with van der Waals surface area (Å²) in [5, 5.41) is 11.9. The molecular formula is C26H17BrFNO. The summed E-state index contributed by atoms with van der Waals surface area (Å²) in [5.41, 5.74) is 2.81. The number of allylic oxidation sites excluding steroid dienone is 1. The molecule has 30 heavy (non-hydrogen) atoms. The molecule has 0 saturated heterocycles. The van der Waals surface area contributed by atoms with Crippen LogP contribution in [0.2, 0.25) is 0 Å². The fourth-order valence-electron chi connectivity index (χ4n) is 3.20. The minimum absolute atomic E-state index is 0.140. The summed E-state index contributed by atoms with van der Waals surface area (Å²) in [4.78, 5) is 0. The summed E-state index contributed by atoms with van der Waals surface area (Å²) in [6.45, 7) is 0.140. The smallest absolute Gasteiger partial charge is 0.134 e. The first-order valence-corrected chi connectivity index (χ1v) is 10.2. The van der Waals surface area contributed by atoms with Gasteiger partial charge in [-0.25, -0.2) is 4.39 Å². The molecule has 2 nitrogen and oxygen atoms in total. The number of halogens is 2. The Hall–Kier alpha value is -3.42. The highest BCUT2D eigenvalue weighted by Crippen LogP contribution is 2.29. The molecule has 4 heteroatoms. The van der Waals surface area contributed by atoms with E-state index < -0.39 is 0 Å². The highest BCUT2D eigenvalue weighted by Gasteiger charge is 2.07. The lowest BCUT2D eigenvalue weighted by atomic mass is 10.0. The Balaban J connectivity index is 1.57. The fourth-order valence-corrected chi connectivity index (χ4v) is 3.71. The molecule has 0 N–H and O–H groups in total. The van der Waals surface area contributed by atoms with Gasteiger partial charge in [0.15, 0.2) is 0 Å². The lowest BCUT2D eigenvalue weighted by molar-refractivity contribution is 0.298. The Kier molecular flexibility index (Phi) is 5.92. The molecule has 4 aromatic carbocycles. The van der Waals surface area contributed by atoms with Crippen molar-refractivity contribution in [3.63, 3.8) is 0 Å². The molecule has 0 spiro atoms. The number of nitrogens with zero attached hydrogens (tertiary/aromatic N) is 1. The van der Waals surface area contributed by atoms with E-state index in [0.717, 1.165) is 26.4 Å². The Bertz CT molecular complexity index is 1290. The number of fused-ring (bicyclic) bond motifs is 1. The summed E-state index contributed by atoms with van der Waals surface area (Å²) in [6, 6.07) is 28.5. The van der Waals surface area contributed by atoms with Crippen molar-refractivity contribution in [2.75, 3.05) is 0 Å². The zero-order valence-corrected chi connectivity index (χ0v) is 17.6. The SMILES string of the molecule is N#C/C(=C/c1ccc(OCc2ccccc2F)c(Br)c1)c1ccc2ccccc2c1. The first kappa shape index (κ1) is 19.9. The van der Waals surface area contributed by atoms with Crippen LogP contribution in [0.25, 0.3) is 22.4 Å². The minimum atomic E-state index is -0.290. The zero-order chi connectivity index (χ0) is 20.9. The van der Waals surface area contributed by atoms with Gasteiger partial charge in [-0.05, 0) is 68.2 Å². The number of rotatable bonds is 5. The molecule has 0 aliphatic heterocycles. The van der Waals surface area contributed by atoms with E-state index >= 15 is 0 Å². The first-order valence-electron chi connectivity index (χ1n) is 9.41. The average molecular weight is 458 g/mol. The maximum absolute atomic E-state index is 13.8. The van der Waals surface area contributed by atoms with Crippen molar-refractivity contribution in [2.24, 2.45) is 0 Å². The topological polar surface area (TPSA) is 33.0 Å². The normalized spacial score (nSPS) is 11.3. The highest BCUT2D eigenvalue weighted by atomic mass is 79.9. The minimum Gasteiger partial charge on any atom is -0.488 e. The molecule has 0 amide bonds. The van der Waals surface area contributed by atoms with Crippen LogP contribution >= 0.6 is 15.9 Å². The third kappa shape index (κ3) is 4.42. The van der Waals surface area contributed by atoms with Gasteiger partial charge in [0.05, 0.1) is 16.1 Å². The molecule has 0 atom stereocenters. The molecule has 0 aliphatic rings. The van der Waals surface area contributed by atoms with Crippen LogP contribution in [-0.2, 0) is 6.61 Å². The second-order valence-electron chi connectivity index (χ2n) is 6.80. The van der Waals surface area contributed by atoms with Crippen molar-refractivity contribution < 1.29 is 9.13 Å². The summed E-state index contributed by atoms with van der Waals surface area (Å²) in [6.07, 6.45) is 1.84. The molecule has 0 bridgehead atoms. The van der Waals surface area contributed by atoms with Gasteiger partial charge in [0.1, 0.15) is 18.2 Å². The van der Waals surface area contributed by atoms with Gasteiger partial charge >= 0.3 is 0 Å². The van der Waals surface area contributed by atoms with Gasteiger partial charge in [-0.3, -0.25) is 0 Å². The largest absolute Gasteiger partial charge is 0.488 e. The van der Waals surface area contributed by atoms with Gasteiger partial charge in [0.25, 0.3) is 0 Å².